The van der Waals surface area contributed by atoms with E-state index in [0.29, 0.717) is 13.1 Å². The molecule has 0 aromatic heterocycles. The number of carboxylic acids is 1. The molecule has 1 rings (SSSR count). The highest BCUT2D eigenvalue weighted by molar-refractivity contribution is 5.92. The van der Waals surface area contributed by atoms with Crippen molar-refractivity contribution in [1.29, 1.82) is 0 Å². The van der Waals surface area contributed by atoms with E-state index in [9.17, 15) is 9.59 Å². The van der Waals surface area contributed by atoms with Gasteiger partial charge in [-0.05, 0) is 24.7 Å². The zero-order chi connectivity index (χ0) is 10.6. The fourth-order valence-corrected chi connectivity index (χ4v) is 1.75. The summed E-state index contributed by atoms with van der Waals surface area (Å²) in [4.78, 5) is 23.2. The zero-order valence-electron chi connectivity index (χ0n) is 7.90. The van der Waals surface area contributed by atoms with Crippen molar-refractivity contribution in [2.45, 2.75) is 19.3 Å². The van der Waals surface area contributed by atoms with Crippen LogP contribution in [0.3, 0.4) is 0 Å². The van der Waals surface area contributed by atoms with Gasteiger partial charge >= 0.3 is 5.97 Å². The Balaban J connectivity index is 2.48. The molecular formula is C10H13NO3. The van der Waals surface area contributed by atoms with Gasteiger partial charge in [-0.1, -0.05) is 0 Å². The number of aliphatic carboxylic acids is 1. The fourth-order valence-electron chi connectivity index (χ4n) is 1.75. The van der Waals surface area contributed by atoms with E-state index in [1.165, 1.54) is 0 Å². The van der Waals surface area contributed by atoms with Gasteiger partial charge in [-0.3, -0.25) is 9.59 Å². The van der Waals surface area contributed by atoms with Gasteiger partial charge in [0.15, 0.2) is 0 Å². The largest absolute Gasteiger partial charge is 0.481 e. The summed E-state index contributed by atoms with van der Waals surface area (Å²) in [6, 6.07) is 0. The van der Waals surface area contributed by atoms with Crippen molar-refractivity contribution in [2.75, 3.05) is 13.1 Å². The molecule has 1 fully saturated rings. The van der Waals surface area contributed by atoms with Crippen LogP contribution in [0.25, 0.3) is 0 Å². The number of likely N-dealkylation sites (tertiary alicyclic amines) is 1. The first-order valence-electron chi connectivity index (χ1n) is 4.60. The summed E-state index contributed by atoms with van der Waals surface area (Å²) in [5.41, 5.74) is 0. The van der Waals surface area contributed by atoms with E-state index in [1.807, 2.05) is 5.92 Å². The Bertz CT molecular complexity index is 280. The number of nitrogens with zero attached hydrogens (tertiary/aromatic N) is 1. The summed E-state index contributed by atoms with van der Waals surface area (Å²) in [6.45, 7) is 1.13. The van der Waals surface area contributed by atoms with Gasteiger partial charge in [0.05, 0.1) is 0 Å². The first-order chi connectivity index (χ1) is 6.63. The minimum absolute atomic E-state index is 0.0542. The van der Waals surface area contributed by atoms with Gasteiger partial charge in [0.2, 0.25) is 0 Å². The molecule has 1 amide bonds. The molecule has 4 nitrogen and oxygen atoms in total. The number of terminal acetylenes is 1. The van der Waals surface area contributed by atoms with Gasteiger partial charge in [-0.2, -0.15) is 0 Å². The lowest BCUT2D eigenvalue weighted by molar-refractivity contribution is -0.139. The lowest BCUT2D eigenvalue weighted by Gasteiger charge is -2.30. The first kappa shape index (κ1) is 10.6. The second-order valence-electron chi connectivity index (χ2n) is 3.50. The molecule has 1 aliphatic heterocycles. The minimum Gasteiger partial charge on any atom is -0.481 e. The number of amides is 1. The van der Waals surface area contributed by atoms with Crippen molar-refractivity contribution in [2.24, 2.45) is 5.92 Å². The van der Waals surface area contributed by atoms with Crippen LogP contribution in [0.4, 0.5) is 0 Å². The van der Waals surface area contributed by atoms with Crippen LogP contribution < -0.4 is 0 Å². The summed E-state index contributed by atoms with van der Waals surface area (Å²) >= 11 is 0. The molecule has 1 unspecified atom stereocenters. The van der Waals surface area contributed by atoms with Crippen molar-refractivity contribution < 1.29 is 14.7 Å². The molecule has 0 spiro atoms. The Hall–Kier alpha value is -1.50. The number of hydrogen-bond acceptors (Lipinski definition) is 2. The number of carbonyl (C=O) groups excluding carboxylic acids is 1. The van der Waals surface area contributed by atoms with E-state index in [4.69, 9.17) is 11.5 Å². The van der Waals surface area contributed by atoms with E-state index in [-0.39, 0.29) is 18.2 Å². The van der Waals surface area contributed by atoms with Crippen molar-refractivity contribution in [3.63, 3.8) is 0 Å². The summed E-state index contributed by atoms with van der Waals surface area (Å²) in [6.07, 6.45) is 6.81. The minimum atomic E-state index is -0.815. The van der Waals surface area contributed by atoms with E-state index in [0.717, 1.165) is 12.8 Å². The molecular weight excluding hydrogens is 182 g/mol. The van der Waals surface area contributed by atoms with E-state index in [2.05, 4.69) is 0 Å². The highest BCUT2D eigenvalue weighted by Crippen LogP contribution is 2.19. The smallest absolute Gasteiger partial charge is 0.303 e. The number of carbonyl (C=O) groups is 2. The van der Waals surface area contributed by atoms with Gasteiger partial charge in [-0.15, -0.1) is 6.42 Å². The topological polar surface area (TPSA) is 57.6 Å². The lowest BCUT2D eigenvalue weighted by Crippen LogP contribution is -2.39. The normalized spacial score (nSPS) is 21.4. The van der Waals surface area contributed by atoms with Crippen LogP contribution in [-0.2, 0) is 9.59 Å². The van der Waals surface area contributed by atoms with Gasteiger partial charge in [0, 0.05) is 19.5 Å². The summed E-state index contributed by atoms with van der Waals surface area (Å²) < 4.78 is 0. The SMILES string of the molecule is C#CC(=O)N1CCCC(CC(=O)O)C1. The number of piperidine rings is 1. The van der Waals surface area contributed by atoms with Gasteiger partial charge in [0.1, 0.15) is 0 Å². The zero-order valence-corrected chi connectivity index (χ0v) is 7.90. The van der Waals surface area contributed by atoms with Crippen LogP contribution in [0.5, 0.6) is 0 Å². The average Bonchev–Trinajstić information content (AvgIpc) is 2.16. The predicted molar refractivity (Wildman–Crippen MR) is 50.4 cm³/mol. The second kappa shape index (κ2) is 4.66. The van der Waals surface area contributed by atoms with Crippen LogP contribution >= 0.6 is 0 Å². The third kappa shape index (κ3) is 2.77. The molecule has 0 aliphatic carbocycles. The monoisotopic (exact) mass is 195 g/mol. The highest BCUT2D eigenvalue weighted by Gasteiger charge is 2.24. The molecule has 0 aromatic carbocycles. The maximum Gasteiger partial charge on any atom is 0.303 e. The van der Waals surface area contributed by atoms with E-state index in [1.54, 1.807) is 4.90 Å². The third-order valence-corrected chi connectivity index (χ3v) is 2.39. The molecule has 1 N–H and O–H groups in total. The van der Waals surface area contributed by atoms with Crippen LogP contribution in [-0.4, -0.2) is 35.0 Å². The van der Waals surface area contributed by atoms with Gasteiger partial charge in [-0.25, -0.2) is 0 Å². The van der Waals surface area contributed by atoms with Crippen LogP contribution in [0.2, 0.25) is 0 Å². The molecule has 1 heterocycles. The molecule has 1 atom stereocenters. The average molecular weight is 195 g/mol. The number of carboxylic acid groups (broad SMARTS) is 1. The van der Waals surface area contributed by atoms with Gasteiger partial charge in [0.25, 0.3) is 5.91 Å². The maximum absolute atomic E-state index is 11.1. The van der Waals surface area contributed by atoms with Crippen molar-refractivity contribution in [3.05, 3.63) is 0 Å². The summed E-state index contributed by atoms with van der Waals surface area (Å²) in [5, 5.41) is 8.60. The molecule has 4 heteroatoms. The number of hydrogen-bond donors (Lipinski definition) is 1. The quantitative estimate of drug-likeness (QED) is 0.646. The summed E-state index contributed by atoms with van der Waals surface area (Å²) in [7, 11) is 0. The highest BCUT2D eigenvalue weighted by atomic mass is 16.4. The van der Waals surface area contributed by atoms with E-state index < -0.39 is 5.97 Å². The maximum atomic E-state index is 11.1. The second-order valence-corrected chi connectivity index (χ2v) is 3.50. The van der Waals surface area contributed by atoms with Crippen LogP contribution in [0.1, 0.15) is 19.3 Å². The molecule has 76 valence electrons. The van der Waals surface area contributed by atoms with E-state index >= 15 is 0 Å². The molecule has 1 saturated heterocycles. The molecule has 0 bridgehead atoms. The van der Waals surface area contributed by atoms with Crippen LogP contribution in [0, 0.1) is 18.3 Å². The Morgan fingerprint density at radius 3 is 2.86 bits per heavy atom. The fraction of sp³-hybridized carbons (Fsp3) is 0.600. The predicted octanol–water partition coefficient (Wildman–Crippen LogP) is 0.333. The molecule has 1 aliphatic rings. The molecule has 0 saturated carbocycles. The molecule has 0 aromatic rings. The standard InChI is InChI=1S/C10H13NO3/c1-2-9(12)11-5-3-4-8(7-11)6-10(13)14/h1,8H,3-7H2,(H,13,14). The Morgan fingerprint density at radius 2 is 2.29 bits per heavy atom. The first-order valence-corrected chi connectivity index (χ1v) is 4.60. The van der Waals surface area contributed by atoms with Gasteiger partial charge < -0.3 is 10.0 Å². The Labute approximate surface area is 82.9 Å². The lowest BCUT2D eigenvalue weighted by atomic mass is 9.95. The summed E-state index contributed by atoms with van der Waals surface area (Å²) in [5.74, 6) is 0.954. The van der Waals surface area contributed by atoms with Crippen LogP contribution in [0.15, 0.2) is 0 Å². The molecule has 14 heavy (non-hydrogen) atoms. The van der Waals surface area contributed by atoms with Crippen molar-refractivity contribution >= 4 is 11.9 Å². The number of rotatable bonds is 2. The van der Waals surface area contributed by atoms with Crippen molar-refractivity contribution in [3.8, 4) is 12.3 Å². The Kier molecular flexibility index (Phi) is 3.52. The molecule has 0 radical (unpaired) electrons. The Morgan fingerprint density at radius 1 is 1.57 bits per heavy atom. The third-order valence-electron chi connectivity index (χ3n) is 2.39. The van der Waals surface area contributed by atoms with Crippen molar-refractivity contribution in [1.82, 2.24) is 4.90 Å².